The van der Waals surface area contributed by atoms with Gasteiger partial charge in [0.2, 0.25) is 5.91 Å². The van der Waals surface area contributed by atoms with E-state index < -0.39 is 12.2 Å². The molecule has 0 aliphatic carbocycles. The highest BCUT2D eigenvalue weighted by Gasteiger charge is 2.44. The second-order valence-electron chi connectivity index (χ2n) is 5.80. The Morgan fingerprint density at radius 3 is 2.22 bits per heavy atom. The number of imide groups is 1. The summed E-state index contributed by atoms with van der Waals surface area (Å²) in [6.07, 6.45) is -0.991. The topological polar surface area (TPSA) is 46.6 Å². The van der Waals surface area contributed by atoms with Crippen LogP contribution in [0.5, 0.6) is 0 Å². The van der Waals surface area contributed by atoms with Crippen LogP contribution >= 0.6 is 0 Å². The Balaban J connectivity index is 1.83. The molecule has 0 saturated carbocycles. The van der Waals surface area contributed by atoms with Gasteiger partial charge in [0.1, 0.15) is 6.10 Å². The van der Waals surface area contributed by atoms with Gasteiger partial charge in [-0.15, -0.1) is 0 Å². The number of ether oxygens (including phenoxy) is 1. The van der Waals surface area contributed by atoms with Crippen LogP contribution in [0, 0.1) is 0 Å². The zero-order chi connectivity index (χ0) is 16.4. The first-order chi connectivity index (χ1) is 11.1. The summed E-state index contributed by atoms with van der Waals surface area (Å²) in [6.45, 7) is 3.66. The smallest absolute Gasteiger partial charge is 0.417 e. The van der Waals surface area contributed by atoms with Crippen molar-refractivity contribution in [1.82, 2.24) is 4.90 Å². The molecule has 3 atom stereocenters. The standard InChI is InChI=1S/C19H19NO3/c1-13(15-9-5-3-6-10-15)18(21)20-14(2)17(23-19(20)22)16-11-7-4-8-12-16/h3-14,17H,1-2H3/t13-,14-,17-/m1/s1. The molecule has 0 unspecified atom stereocenters. The Morgan fingerprint density at radius 1 is 1.04 bits per heavy atom. The number of amides is 2. The normalized spacial score (nSPS) is 21.8. The van der Waals surface area contributed by atoms with Gasteiger partial charge in [-0.2, -0.15) is 0 Å². The van der Waals surface area contributed by atoms with Crippen LogP contribution in [0.3, 0.4) is 0 Å². The Hall–Kier alpha value is -2.62. The van der Waals surface area contributed by atoms with Gasteiger partial charge < -0.3 is 4.74 Å². The molecule has 2 amide bonds. The zero-order valence-corrected chi connectivity index (χ0v) is 13.2. The van der Waals surface area contributed by atoms with Crippen molar-refractivity contribution in [3.63, 3.8) is 0 Å². The second-order valence-corrected chi connectivity index (χ2v) is 5.80. The quantitative estimate of drug-likeness (QED) is 0.864. The van der Waals surface area contributed by atoms with Crippen LogP contribution in [-0.4, -0.2) is 22.9 Å². The molecule has 1 heterocycles. The van der Waals surface area contributed by atoms with Crippen molar-refractivity contribution in [3.8, 4) is 0 Å². The van der Waals surface area contributed by atoms with Crippen molar-refractivity contribution < 1.29 is 14.3 Å². The number of hydrogen-bond acceptors (Lipinski definition) is 3. The average molecular weight is 309 g/mol. The van der Waals surface area contributed by atoms with Crippen molar-refractivity contribution in [2.75, 3.05) is 0 Å². The average Bonchev–Trinajstić information content (AvgIpc) is 2.89. The minimum atomic E-state index is -0.570. The molecular formula is C19H19NO3. The van der Waals surface area contributed by atoms with E-state index >= 15 is 0 Å². The number of hydrogen-bond donors (Lipinski definition) is 0. The maximum Gasteiger partial charge on any atom is 0.417 e. The Bertz CT molecular complexity index is 699. The van der Waals surface area contributed by atoms with E-state index in [-0.39, 0.29) is 17.9 Å². The predicted octanol–water partition coefficient (Wildman–Crippen LogP) is 3.90. The molecule has 1 saturated heterocycles. The maximum atomic E-state index is 12.8. The van der Waals surface area contributed by atoms with E-state index in [1.54, 1.807) is 0 Å². The highest BCUT2D eigenvalue weighted by atomic mass is 16.6. The van der Waals surface area contributed by atoms with Gasteiger partial charge in [-0.25, -0.2) is 9.69 Å². The molecule has 23 heavy (non-hydrogen) atoms. The number of carbonyl (C=O) groups is 2. The minimum Gasteiger partial charge on any atom is -0.439 e. The van der Waals surface area contributed by atoms with E-state index in [2.05, 4.69) is 0 Å². The van der Waals surface area contributed by atoms with Gasteiger partial charge in [-0.3, -0.25) is 4.79 Å². The third kappa shape index (κ3) is 2.84. The lowest BCUT2D eigenvalue weighted by molar-refractivity contribution is -0.130. The molecule has 2 aromatic rings. The minimum absolute atomic E-state index is 0.230. The molecule has 4 nitrogen and oxygen atoms in total. The molecule has 0 N–H and O–H groups in total. The van der Waals surface area contributed by atoms with Gasteiger partial charge in [-0.1, -0.05) is 60.7 Å². The molecule has 1 fully saturated rings. The number of carbonyl (C=O) groups excluding carboxylic acids is 2. The fourth-order valence-corrected chi connectivity index (χ4v) is 2.94. The van der Waals surface area contributed by atoms with Crippen molar-refractivity contribution >= 4 is 12.0 Å². The van der Waals surface area contributed by atoms with Gasteiger partial charge >= 0.3 is 6.09 Å². The summed E-state index contributed by atoms with van der Waals surface area (Å²) < 4.78 is 5.45. The molecule has 2 aromatic carbocycles. The van der Waals surface area contributed by atoms with Crippen molar-refractivity contribution in [2.45, 2.75) is 31.9 Å². The van der Waals surface area contributed by atoms with Crippen LogP contribution in [0.2, 0.25) is 0 Å². The fourth-order valence-electron chi connectivity index (χ4n) is 2.94. The molecular weight excluding hydrogens is 290 g/mol. The van der Waals surface area contributed by atoms with Gasteiger partial charge in [-0.05, 0) is 25.0 Å². The number of cyclic esters (lactones) is 1. The van der Waals surface area contributed by atoms with Crippen LogP contribution in [-0.2, 0) is 9.53 Å². The maximum absolute atomic E-state index is 12.8. The molecule has 118 valence electrons. The van der Waals surface area contributed by atoms with E-state index in [0.717, 1.165) is 11.1 Å². The third-order valence-electron chi connectivity index (χ3n) is 4.31. The lowest BCUT2D eigenvalue weighted by atomic mass is 9.98. The molecule has 0 radical (unpaired) electrons. The molecule has 1 aliphatic heterocycles. The molecule has 1 aliphatic rings. The Labute approximate surface area is 135 Å². The summed E-state index contributed by atoms with van der Waals surface area (Å²) in [4.78, 5) is 26.2. The molecule has 0 bridgehead atoms. The van der Waals surface area contributed by atoms with Gasteiger partial charge in [0, 0.05) is 0 Å². The summed E-state index contributed by atoms with van der Waals surface area (Å²) in [6, 6.07) is 18.6. The van der Waals surface area contributed by atoms with E-state index in [9.17, 15) is 9.59 Å². The number of benzene rings is 2. The van der Waals surface area contributed by atoms with Crippen LogP contribution in [0.15, 0.2) is 60.7 Å². The highest BCUT2D eigenvalue weighted by Crippen LogP contribution is 2.34. The zero-order valence-electron chi connectivity index (χ0n) is 13.2. The van der Waals surface area contributed by atoms with E-state index in [1.807, 2.05) is 74.5 Å². The predicted molar refractivity (Wildman–Crippen MR) is 86.8 cm³/mol. The fraction of sp³-hybridized carbons (Fsp3) is 0.263. The number of rotatable bonds is 3. The first-order valence-electron chi connectivity index (χ1n) is 7.73. The van der Waals surface area contributed by atoms with Crippen molar-refractivity contribution in [2.24, 2.45) is 0 Å². The van der Waals surface area contributed by atoms with Crippen molar-refractivity contribution in [1.29, 1.82) is 0 Å². The molecule has 4 heteroatoms. The van der Waals surface area contributed by atoms with Gasteiger partial charge in [0.25, 0.3) is 0 Å². The Kier molecular flexibility index (Phi) is 4.15. The van der Waals surface area contributed by atoms with Crippen LogP contribution in [0.1, 0.15) is 37.0 Å². The summed E-state index contributed by atoms with van der Waals surface area (Å²) >= 11 is 0. The summed E-state index contributed by atoms with van der Waals surface area (Å²) in [7, 11) is 0. The van der Waals surface area contributed by atoms with E-state index in [1.165, 1.54) is 4.90 Å². The SMILES string of the molecule is C[C@@H]1[C@H](c2ccccc2)OC(=O)N1C(=O)[C@H](C)c1ccccc1. The lowest BCUT2D eigenvalue weighted by Crippen LogP contribution is -2.40. The summed E-state index contributed by atoms with van der Waals surface area (Å²) in [5.41, 5.74) is 1.79. The first-order valence-corrected chi connectivity index (χ1v) is 7.73. The van der Waals surface area contributed by atoms with Crippen molar-refractivity contribution in [3.05, 3.63) is 71.8 Å². The molecule has 3 rings (SSSR count). The van der Waals surface area contributed by atoms with Crippen LogP contribution in [0.25, 0.3) is 0 Å². The number of nitrogens with zero attached hydrogens (tertiary/aromatic N) is 1. The highest BCUT2D eigenvalue weighted by molar-refractivity contribution is 5.97. The molecule has 0 aromatic heterocycles. The summed E-state index contributed by atoms with van der Waals surface area (Å²) in [5, 5.41) is 0. The second kappa shape index (κ2) is 6.24. The molecule has 0 spiro atoms. The first kappa shape index (κ1) is 15.3. The largest absolute Gasteiger partial charge is 0.439 e. The van der Waals surface area contributed by atoms with Gasteiger partial charge in [0.15, 0.2) is 0 Å². The van der Waals surface area contributed by atoms with Gasteiger partial charge in [0.05, 0.1) is 12.0 Å². The lowest BCUT2D eigenvalue weighted by Gasteiger charge is -2.22. The monoisotopic (exact) mass is 309 g/mol. The third-order valence-corrected chi connectivity index (χ3v) is 4.31. The van der Waals surface area contributed by atoms with Crippen LogP contribution in [0.4, 0.5) is 4.79 Å². The van der Waals surface area contributed by atoms with Crippen LogP contribution < -0.4 is 0 Å². The van der Waals surface area contributed by atoms with E-state index in [0.29, 0.717) is 0 Å². The Morgan fingerprint density at radius 2 is 1.61 bits per heavy atom. The van der Waals surface area contributed by atoms with E-state index in [4.69, 9.17) is 4.74 Å². The summed E-state index contributed by atoms with van der Waals surface area (Å²) in [5.74, 6) is -0.618.